The number of sulfone groups is 1. The maximum absolute atomic E-state index is 13.6. The largest absolute Gasteiger partial charge is 0.497 e. The molecule has 0 fully saturated rings. The van der Waals surface area contributed by atoms with Crippen molar-refractivity contribution < 1.29 is 21.9 Å². The van der Waals surface area contributed by atoms with Crippen molar-refractivity contribution in [3.05, 3.63) is 64.5 Å². The lowest BCUT2D eigenvalue weighted by atomic mass is 10.2. The van der Waals surface area contributed by atoms with Crippen LogP contribution in [-0.4, -0.2) is 20.1 Å². The van der Waals surface area contributed by atoms with Gasteiger partial charge in [-0.05, 0) is 37.3 Å². The first-order valence-electron chi connectivity index (χ1n) is 7.71. The Labute approximate surface area is 148 Å². The lowest BCUT2D eigenvalue weighted by Gasteiger charge is -2.13. The number of nitrogens with zero attached hydrogens (tertiary/aromatic N) is 1. The van der Waals surface area contributed by atoms with E-state index in [0.717, 1.165) is 18.3 Å². The molecule has 0 saturated heterocycles. The minimum atomic E-state index is -4.15. The molecule has 26 heavy (non-hydrogen) atoms. The molecule has 5 nitrogen and oxygen atoms in total. The molecule has 1 aromatic heterocycles. The molecule has 0 atom stereocenters. The smallest absolute Gasteiger partial charge is 0.211 e. The number of methoxy groups -OCH3 is 1. The monoisotopic (exact) mass is 379 g/mol. The van der Waals surface area contributed by atoms with Crippen LogP contribution in [0.15, 0.2) is 57.2 Å². The second kappa shape index (κ2) is 6.53. The highest BCUT2D eigenvalue weighted by Crippen LogP contribution is 2.24. The van der Waals surface area contributed by atoms with Gasteiger partial charge in [-0.2, -0.15) is 0 Å². The van der Waals surface area contributed by atoms with Gasteiger partial charge in [-0.3, -0.25) is 4.79 Å². The first-order valence-corrected chi connectivity index (χ1v) is 9.19. The summed E-state index contributed by atoms with van der Waals surface area (Å²) in [7, 11) is -2.70. The highest BCUT2D eigenvalue weighted by atomic mass is 32.2. The minimum Gasteiger partial charge on any atom is -0.497 e. The van der Waals surface area contributed by atoms with Gasteiger partial charge >= 0.3 is 0 Å². The average molecular weight is 379 g/mol. The number of pyridine rings is 1. The van der Waals surface area contributed by atoms with Crippen LogP contribution >= 0.6 is 0 Å². The molecule has 0 saturated carbocycles. The first kappa shape index (κ1) is 18.1. The molecule has 8 heteroatoms. The zero-order valence-corrected chi connectivity index (χ0v) is 14.8. The number of hydrogen-bond donors (Lipinski definition) is 0. The van der Waals surface area contributed by atoms with Crippen molar-refractivity contribution in [2.45, 2.75) is 23.3 Å². The zero-order chi connectivity index (χ0) is 19.1. The summed E-state index contributed by atoms with van der Waals surface area (Å²) < 4.78 is 59.3. The third-order valence-electron chi connectivity index (χ3n) is 4.09. The van der Waals surface area contributed by atoms with Crippen molar-refractivity contribution in [2.24, 2.45) is 0 Å². The van der Waals surface area contributed by atoms with E-state index >= 15 is 0 Å². The van der Waals surface area contributed by atoms with Crippen LogP contribution in [0.2, 0.25) is 0 Å². The fraction of sp³-hybridized carbons (Fsp3) is 0.167. The van der Waals surface area contributed by atoms with Crippen LogP contribution in [0, 0.1) is 11.6 Å². The molecule has 0 spiro atoms. The SMILES string of the molecule is CCn1cc(S(=O)(=O)c2ccc(OC)cc2)c(=O)c2cc(F)c(F)cc21. The van der Waals surface area contributed by atoms with Crippen LogP contribution < -0.4 is 10.2 Å². The molecular formula is C18H15F2NO4S. The number of hydrogen-bond acceptors (Lipinski definition) is 4. The van der Waals surface area contributed by atoms with E-state index in [9.17, 15) is 22.0 Å². The van der Waals surface area contributed by atoms with Crippen molar-refractivity contribution in [1.29, 1.82) is 0 Å². The summed E-state index contributed by atoms with van der Waals surface area (Å²) in [5.41, 5.74) is -0.746. The number of benzene rings is 2. The fourth-order valence-electron chi connectivity index (χ4n) is 2.69. The van der Waals surface area contributed by atoms with Gasteiger partial charge in [0, 0.05) is 18.8 Å². The Morgan fingerprint density at radius 1 is 1.08 bits per heavy atom. The first-order chi connectivity index (χ1) is 12.3. The number of aromatic nitrogens is 1. The number of ether oxygens (including phenoxy) is 1. The van der Waals surface area contributed by atoms with Gasteiger partial charge in [-0.1, -0.05) is 0 Å². The molecule has 0 aliphatic heterocycles. The molecule has 0 N–H and O–H groups in total. The van der Waals surface area contributed by atoms with Gasteiger partial charge in [0.2, 0.25) is 15.3 Å². The van der Waals surface area contributed by atoms with E-state index in [0.29, 0.717) is 5.75 Å². The predicted octanol–water partition coefficient (Wildman–Crippen LogP) is 3.14. The van der Waals surface area contributed by atoms with E-state index in [1.54, 1.807) is 6.92 Å². The van der Waals surface area contributed by atoms with Gasteiger partial charge in [0.25, 0.3) is 0 Å². The minimum absolute atomic E-state index is 0.0972. The lowest BCUT2D eigenvalue weighted by molar-refractivity contribution is 0.414. The molecule has 1 heterocycles. The normalized spacial score (nSPS) is 11.7. The van der Waals surface area contributed by atoms with E-state index in [1.807, 2.05) is 0 Å². The third kappa shape index (κ3) is 2.86. The molecule has 0 bridgehead atoms. The van der Waals surface area contributed by atoms with Gasteiger partial charge in [0.1, 0.15) is 10.6 Å². The summed E-state index contributed by atoms with van der Waals surface area (Å²) in [6, 6.07) is 7.17. The predicted molar refractivity (Wildman–Crippen MR) is 92.2 cm³/mol. The van der Waals surface area contributed by atoms with Crippen LogP contribution in [0.1, 0.15) is 6.92 Å². The Morgan fingerprint density at radius 3 is 2.27 bits per heavy atom. The van der Waals surface area contributed by atoms with Crippen molar-refractivity contribution in [3.8, 4) is 5.75 Å². The lowest BCUT2D eigenvalue weighted by Crippen LogP contribution is -2.19. The summed E-state index contributed by atoms with van der Waals surface area (Å²) in [6.45, 7) is 1.97. The van der Waals surface area contributed by atoms with Crippen LogP contribution in [0.5, 0.6) is 5.75 Å². The van der Waals surface area contributed by atoms with E-state index in [1.165, 1.54) is 35.9 Å². The van der Waals surface area contributed by atoms with Gasteiger partial charge in [-0.15, -0.1) is 0 Å². The number of fused-ring (bicyclic) bond motifs is 1. The molecule has 0 amide bonds. The standard InChI is InChI=1S/C18H15F2NO4S/c1-3-21-10-17(18(22)13-8-14(19)15(20)9-16(13)21)26(23,24)12-6-4-11(25-2)5-7-12/h4-10H,3H2,1-2H3. The maximum atomic E-state index is 13.6. The Morgan fingerprint density at radius 2 is 1.69 bits per heavy atom. The number of aryl methyl sites for hydroxylation is 1. The Kier molecular flexibility index (Phi) is 4.53. The van der Waals surface area contributed by atoms with Crippen LogP contribution in [0.3, 0.4) is 0 Å². The molecule has 3 aromatic rings. The van der Waals surface area contributed by atoms with Crippen molar-refractivity contribution >= 4 is 20.7 Å². The van der Waals surface area contributed by atoms with Crippen molar-refractivity contribution in [1.82, 2.24) is 4.57 Å². The number of halogens is 2. The summed E-state index contributed by atoms with van der Waals surface area (Å²) >= 11 is 0. The van der Waals surface area contributed by atoms with Gasteiger partial charge in [0.15, 0.2) is 11.6 Å². The van der Waals surface area contributed by atoms with Crippen molar-refractivity contribution in [2.75, 3.05) is 7.11 Å². The molecular weight excluding hydrogens is 364 g/mol. The van der Waals surface area contributed by atoms with Crippen LogP contribution in [-0.2, 0) is 16.4 Å². The summed E-state index contributed by atoms with van der Waals surface area (Å²) in [4.78, 5) is 12.1. The van der Waals surface area contributed by atoms with Gasteiger partial charge in [-0.25, -0.2) is 17.2 Å². The molecule has 136 valence electrons. The summed E-state index contributed by atoms with van der Waals surface area (Å²) in [5, 5.41) is -0.194. The molecule has 0 unspecified atom stereocenters. The summed E-state index contributed by atoms with van der Waals surface area (Å²) in [5.74, 6) is -1.85. The van der Waals surface area contributed by atoms with Crippen LogP contribution in [0.4, 0.5) is 8.78 Å². The Balaban J connectivity index is 2.31. The second-order valence-electron chi connectivity index (χ2n) is 5.57. The van der Waals surface area contributed by atoms with Crippen LogP contribution in [0.25, 0.3) is 10.9 Å². The van der Waals surface area contributed by atoms with Crippen molar-refractivity contribution in [3.63, 3.8) is 0 Å². The zero-order valence-electron chi connectivity index (χ0n) is 14.0. The van der Waals surface area contributed by atoms with Gasteiger partial charge in [0.05, 0.1) is 22.9 Å². The molecule has 3 rings (SSSR count). The van der Waals surface area contributed by atoms with E-state index in [4.69, 9.17) is 4.74 Å². The highest BCUT2D eigenvalue weighted by Gasteiger charge is 2.24. The van der Waals surface area contributed by atoms with Gasteiger partial charge < -0.3 is 9.30 Å². The third-order valence-corrected chi connectivity index (χ3v) is 5.85. The molecule has 0 aliphatic rings. The second-order valence-corrected chi connectivity index (χ2v) is 7.49. The Bertz CT molecular complexity index is 1150. The molecule has 0 aliphatic carbocycles. The summed E-state index contributed by atoms with van der Waals surface area (Å²) in [6.07, 6.45) is 1.15. The average Bonchev–Trinajstić information content (AvgIpc) is 2.63. The van der Waals surface area contributed by atoms with E-state index in [-0.39, 0.29) is 22.3 Å². The van der Waals surface area contributed by atoms with E-state index in [2.05, 4.69) is 0 Å². The fourth-order valence-corrected chi connectivity index (χ4v) is 4.06. The topological polar surface area (TPSA) is 65.4 Å². The quantitative estimate of drug-likeness (QED) is 0.699. The molecule has 0 radical (unpaired) electrons. The highest BCUT2D eigenvalue weighted by molar-refractivity contribution is 7.91. The number of rotatable bonds is 4. The molecule has 2 aromatic carbocycles. The maximum Gasteiger partial charge on any atom is 0.211 e. The Hall–Kier alpha value is -2.74. The van der Waals surface area contributed by atoms with E-state index < -0.39 is 31.8 Å².